The van der Waals surface area contributed by atoms with E-state index in [0.717, 1.165) is 32.5 Å². The van der Waals surface area contributed by atoms with Gasteiger partial charge in [0.25, 0.3) is 5.91 Å². The first-order valence-corrected chi connectivity index (χ1v) is 9.34. The molecule has 1 heterocycles. The van der Waals surface area contributed by atoms with Crippen LogP contribution in [0.2, 0.25) is 0 Å². The van der Waals surface area contributed by atoms with Crippen molar-refractivity contribution in [3.05, 3.63) is 29.8 Å². The van der Waals surface area contributed by atoms with Gasteiger partial charge in [-0.25, -0.2) is 0 Å². The zero-order valence-corrected chi connectivity index (χ0v) is 16.2. The Labute approximate surface area is 156 Å². The molecule has 0 spiro atoms. The van der Waals surface area contributed by atoms with Gasteiger partial charge in [0.15, 0.2) is 0 Å². The van der Waals surface area contributed by atoms with E-state index >= 15 is 0 Å². The fourth-order valence-electron chi connectivity index (χ4n) is 3.32. The van der Waals surface area contributed by atoms with Gasteiger partial charge in [-0.05, 0) is 62.5 Å². The van der Waals surface area contributed by atoms with Crippen LogP contribution >= 0.6 is 0 Å². The number of methoxy groups -OCH3 is 1. The molecule has 1 unspecified atom stereocenters. The molecular weight excluding hydrogens is 330 g/mol. The van der Waals surface area contributed by atoms with E-state index in [1.807, 2.05) is 25.8 Å². The first kappa shape index (κ1) is 20.2. The molecule has 144 valence electrons. The van der Waals surface area contributed by atoms with Crippen molar-refractivity contribution in [1.82, 2.24) is 15.5 Å². The molecule has 2 rings (SSSR count). The number of ether oxygens (including phenoxy) is 1. The maximum absolute atomic E-state index is 12.9. The quantitative estimate of drug-likeness (QED) is 0.778. The van der Waals surface area contributed by atoms with Crippen LogP contribution in [0.25, 0.3) is 0 Å². The Morgan fingerprint density at radius 1 is 1.19 bits per heavy atom. The zero-order valence-electron chi connectivity index (χ0n) is 16.2. The first-order valence-electron chi connectivity index (χ1n) is 9.34. The Hall–Kier alpha value is -2.08. The molecule has 1 fully saturated rings. The summed E-state index contributed by atoms with van der Waals surface area (Å²) in [5.74, 6) is 1.13. The van der Waals surface area contributed by atoms with Crippen molar-refractivity contribution in [3.63, 3.8) is 0 Å². The Bertz CT molecular complexity index is 593. The minimum absolute atomic E-state index is 0.0183. The summed E-state index contributed by atoms with van der Waals surface area (Å²) in [5.41, 5.74) is 0.525. The van der Waals surface area contributed by atoms with Crippen molar-refractivity contribution in [2.24, 2.45) is 11.8 Å². The number of nitrogens with one attached hydrogen (secondary N) is 2. The number of likely N-dealkylation sites (tertiary alicyclic amines) is 1. The van der Waals surface area contributed by atoms with Gasteiger partial charge in [-0.2, -0.15) is 0 Å². The van der Waals surface area contributed by atoms with E-state index in [9.17, 15) is 9.59 Å². The van der Waals surface area contributed by atoms with E-state index in [0.29, 0.717) is 17.2 Å². The number of nitrogens with zero attached hydrogens (tertiary/aromatic N) is 1. The summed E-state index contributed by atoms with van der Waals surface area (Å²) >= 11 is 0. The number of carbonyl (C=O) groups is 2. The Morgan fingerprint density at radius 3 is 2.31 bits per heavy atom. The lowest BCUT2D eigenvalue weighted by atomic mass is 9.95. The van der Waals surface area contributed by atoms with E-state index in [-0.39, 0.29) is 17.7 Å². The van der Waals surface area contributed by atoms with Gasteiger partial charge in [0, 0.05) is 18.7 Å². The minimum atomic E-state index is -0.509. The molecule has 6 heteroatoms. The highest BCUT2D eigenvalue weighted by Crippen LogP contribution is 2.19. The average molecular weight is 361 g/mol. The molecule has 0 saturated carbocycles. The van der Waals surface area contributed by atoms with E-state index in [4.69, 9.17) is 4.74 Å². The van der Waals surface area contributed by atoms with Gasteiger partial charge in [-0.3, -0.25) is 9.59 Å². The number of rotatable bonds is 7. The first-order chi connectivity index (χ1) is 12.5. The molecule has 0 aromatic heterocycles. The smallest absolute Gasteiger partial charge is 0.251 e. The molecule has 0 aliphatic carbocycles. The fourth-order valence-corrected chi connectivity index (χ4v) is 3.32. The van der Waals surface area contributed by atoms with E-state index < -0.39 is 6.04 Å². The van der Waals surface area contributed by atoms with Crippen molar-refractivity contribution in [2.75, 3.05) is 33.8 Å². The highest BCUT2D eigenvalue weighted by atomic mass is 16.5. The predicted molar refractivity (Wildman–Crippen MR) is 102 cm³/mol. The standard InChI is InChI=1S/C20H31N3O3/c1-14(2)18(20(25)23-11-9-15(10-12-23)13-21-3)22-19(24)16-5-7-17(26-4)8-6-16/h5-8,14-15,18,21H,9-13H2,1-4H3,(H,22,24). The van der Waals surface area contributed by atoms with Crippen LogP contribution in [-0.2, 0) is 4.79 Å². The van der Waals surface area contributed by atoms with Gasteiger partial charge in [0.2, 0.25) is 5.91 Å². The molecule has 26 heavy (non-hydrogen) atoms. The van der Waals surface area contributed by atoms with Crippen molar-refractivity contribution >= 4 is 11.8 Å². The Kier molecular flexibility index (Phi) is 7.45. The van der Waals surface area contributed by atoms with Crippen LogP contribution in [-0.4, -0.2) is 56.5 Å². The van der Waals surface area contributed by atoms with Crippen LogP contribution in [0.4, 0.5) is 0 Å². The molecule has 1 atom stereocenters. The summed E-state index contributed by atoms with van der Waals surface area (Å²) in [7, 11) is 3.54. The molecule has 2 amide bonds. The van der Waals surface area contributed by atoms with Gasteiger partial charge >= 0.3 is 0 Å². The highest BCUT2D eigenvalue weighted by molar-refractivity contribution is 5.97. The zero-order chi connectivity index (χ0) is 19.1. The van der Waals surface area contributed by atoms with E-state index in [2.05, 4.69) is 10.6 Å². The largest absolute Gasteiger partial charge is 0.497 e. The van der Waals surface area contributed by atoms with Crippen LogP contribution in [0.5, 0.6) is 5.75 Å². The van der Waals surface area contributed by atoms with E-state index in [1.54, 1.807) is 31.4 Å². The van der Waals surface area contributed by atoms with Crippen LogP contribution < -0.4 is 15.4 Å². The molecule has 1 aliphatic rings. The molecule has 0 radical (unpaired) electrons. The number of benzene rings is 1. The molecule has 1 aromatic carbocycles. The molecule has 6 nitrogen and oxygen atoms in total. The maximum atomic E-state index is 12.9. The number of piperidine rings is 1. The van der Waals surface area contributed by atoms with Crippen LogP contribution in [0.1, 0.15) is 37.0 Å². The summed E-state index contributed by atoms with van der Waals surface area (Å²) in [6, 6.07) is 6.39. The second-order valence-electron chi connectivity index (χ2n) is 7.25. The highest BCUT2D eigenvalue weighted by Gasteiger charge is 2.31. The lowest BCUT2D eigenvalue weighted by Gasteiger charge is -2.35. The lowest BCUT2D eigenvalue weighted by Crippen LogP contribution is -2.53. The van der Waals surface area contributed by atoms with Gasteiger partial charge in [0.05, 0.1) is 7.11 Å². The number of amides is 2. The van der Waals surface area contributed by atoms with Gasteiger partial charge in [-0.15, -0.1) is 0 Å². The summed E-state index contributed by atoms with van der Waals surface area (Å²) in [6.07, 6.45) is 2.01. The van der Waals surface area contributed by atoms with Crippen molar-refractivity contribution in [2.45, 2.75) is 32.7 Å². The van der Waals surface area contributed by atoms with Crippen LogP contribution in [0.3, 0.4) is 0 Å². The molecule has 1 aromatic rings. The predicted octanol–water partition coefficient (Wildman–Crippen LogP) is 1.91. The van der Waals surface area contributed by atoms with E-state index in [1.165, 1.54) is 0 Å². The maximum Gasteiger partial charge on any atom is 0.251 e. The second kappa shape index (κ2) is 9.57. The number of hydrogen-bond donors (Lipinski definition) is 2. The van der Waals surface area contributed by atoms with Gasteiger partial charge in [-0.1, -0.05) is 13.8 Å². The Morgan fingerprint density at radius 2 is 1.81 bits per heavy atom. The lowest BCUT2D eigenvalue weighted by molar-refractivity contribution is -0.135. The number of hydrogen-bond acceptors (Lipinski definition) is 4. The second-order valence-corrected chi connectivity index (χ2v) is 7.25. The van der Waals surface area contributed by atoms with Gasteiger partial charge < -0.3 is 20.3 Å². The third-order valence-corrected chi connectivity index (χ3v) is 4.99. The normalized spacial score (nSPS) is 16.4. The number of carbonyl (C=O) groups excluding carboxylic acids is 2. The Balaban J connectivity index is 1.99. The van der Waals surface area contributed by atoms with Crippen molar-refractivity contribution in [3.8, 4) is 5.75 Å². The minimum Gasteiger partial charge on any atom is -0.497 e. The fraction of sp³-hybridized carbons (Fsp3) is 0.600. The topological polar surface area (TPSA) is 70.7 Å². The monoisotopic (exact) mass is 361 g/mol. The molecule has 1 saturated heterocycles. The molecular formula is C20H31N3O3. The summed E-state index contributed by atoms with van der Waals surface area (Å²) < 4.78 is 5.11. The van der Waals surface area contributed by atoms with Crippen LogP contribution in [0, 0.1) is 11.8 Å². The summed E-state index contributed by atoms with van der Waals surface area (Å²) in [6.45, 7) is 6.43. The SMILES string of the molecule is CNCC1CCN(C(=O)C(NC(=O)c2ccc(OC)cc2)C(C)C)CC1. The molecule has 2 N–H and O–H groups in total. The van der Waals surface area contributed by atoms with Crippen LogP contribution in [0.15, 0.2) is 24.3 Å². The summed E-state index contributed by atoms with van der Waals surface area (Å²) in [4.78, 5) is 27.4. The average Bonchev–Trinajstić information content (AvgIpc) is 2.66. The third kappa shape index (κ3) is 5.21. The summed E-state index contributed by atoms with van der Waals surface area (Å²) in [5, 5.41) is 6.13. The molecule has 1 aliphatic heterocycles. The van der Waals surface area contributed by atoms with Gasteiger partial charge in [0.1, 0.15) is 11.8 Å². The third-order valence-electron chi connectivity index (χ3n) is 4.99. The van der Waals surface area contributed by atoms with Crippen molar-refractivity contribution < 1.29 is 14.3 Å². The van der Waals surface area contributed by atoms with Crippen molar-refractivity contribution in [1.29, 1.82) is 0 Å². The molecule has 0 bridgehead atoms.